The quantitative estimate of drug-likeness (QED) is 0.710. The molecule has 0 unspecified atom stereocenters. The third kappa shape index (κ3) is 2.16. The number of carbonyl (C=O) groups excluding carboxylic acids is 1. The summed E-state index contributed by atoms with van der Waals surface area (Å²) in [4.78, 5) is 11.2. The molecule has 0 radical (unpaired) electrons. The van der Waals surface area contributed by atoms with E-state index in [4.69, 9.17) is 0 Å². The fraction of sp³-hybridized carbons (Fsp3) is 0.188. The van der Waals surface area contributed by atoms with E-state index >= 15 is 0 Å². The molecule has 4 heteroatoms. The summed E-state index contributed by atoms with van der Waals surface area (Å²) >= 11 is 0. The van der Waals surface area contributed by atoms with Gasteiger partial charge in [0.1, 0.15) is 0 Å². The molecule has 1 aliphatic heterocycles. The van der Waals surface area contributed by atoms with Crippen LogP contribution in [-0.2, 0) is 5.41 Å². The average molecular weight is 275 g/mol. The Labute approximate surface area is 140 Å². The van der Waals surface area contributed by atoms with Crippen LogP contribution in [0.3, 0.4) is 0 Å². The summed E-state index contributed by atoms with van der Waals surface area (Å²) < 4.78 is 0. The van der Waals surface area contributed by atoms with E-state index in [0.717, 1.165) is 16.8 Å². The van der Waals surface area contributed by atoms with Crippen molar-refractivity contribution in [2.75, 3.05) is 5.32 Å². The first-order chi connectivity index (χ1) is 9.01. The Balaban J connectivity index is 0.00000147. The third-order valence-corrected chi connectivity index (χ3v) is 3.82. The zero-order valence-electron chi connectivity index (χ0n) is 11.9. The van der Waals surface area contributed by atoms with Crippen LogP contribution < -0.4 is 40.0 Å². The molecular weight excluding hydrogens is 261 g/mol. The summed E-state index contributed by atoms with van der Waals surface area (Å²) in [6, 6.07) is 13.3. The first-order valence-corrected chi connectivity index (χ1v) is 6.23. The number of rotatable bonds is 1. The normalized spacial score (nSPS) is 14.3. The molecule has 0 amide bonds. The predicted molar refractivity (Wildman–Crippen MR) is 72.6 cm³/mol. The fourth-order valence-electron chi connectivity index (χ4n) is 2.79. The number of carboxylic acids is 1. The molecule has 2 aromatic carbocycles. The Kier molecular flexibility index (Phi) is 3.96. The van der Waals surface area contributed by atoms with Crippen LogP contribution >= 0.6 is 0 Å². The number of hydrogen-bond donors (Lipinski definition) is 1. The van der Waals surface area contributed by atoms with Crippen LogP contribution in [-0.4, -0.2) is 5.97 Å². The van der Waals surface area contributed by atoms with Gasteiger partial charge in [-0.3, -0.25) is 0 Å². The topological polar surface area (TPSA) is 52.2 Å². The van der Waals surface area contributed by atoms with Gasteiger partial charge in [0.2, 0.25) is 0 Å². The molecule has 0 fully saturated rings. The Bertz CT molecular complexity index is 680. The molecule has 2 aromatic rings. The number of fused-ring (bicyclic) bond motifs is 2. The number of anilines is 2. The zero-order valence-corrected chi connectivity index (χ0v) is 13.9. The second-order valence-corrected chi connectivity index (χ2v) is 5.31. The molecule has 3 nitrogen and oxygen atoms in total. The fourth-order valence-corrected chi connectivity index (χ4v) is 2.79. The molecule has 0 spiro atoms. The first-order valence-electron chi connectivity index (χ1n) is 6.23. The van der Waals surface area contributed by atoms with Crippen LogP contribution in [0.4, 0.5) is 11.4 Å². The van der Waals surface area contributed by atoms with Crippen LogP contribution in [0.15, 0.2) is 42.5 Å². The largest absolute Gasteiger partial charge is 1.00 e. The van der Waals surface area contributed by atoms with Gasteiger partial charge in [0.25, 0.3) is 0 Å². The Morgan fingerprint density at radius 2 is 1.70 bits per heavy atom. The molecule has 96 valence electrons. The summed E-state index contributed by atoms with van der Waals surface area (Å²) in [5, 5.41) is 14.5. The number of benzene rings is 2. The van der Waals surface area contributed by atoms with E-state index in [9.17, 15) is 9.90 Å². The molecule has 1 aliphatic rings. The van der Waals surface area contributed by atoms with Gasteiger partial charge in [-0.15, -0.1) is 0 Å². The maximum Gasteiger partial charge on any atom is 1.00 e. The second kappa shape index (κ2) is 5.24. The van der Waals surface area contributed by atoms with Crippen LogP contribution in [0.2, 0.25) is 0 Å². The molecule has 1 N–H and O–H groups in total. The molecule has 1 heterocycles. The van der Waals surface area contributed by atoms with Crippen molar-refractivity contribution in [3.8, 4) is 0 Å². The van der Waals surface area contributed by atoms with Crippen LogP contribution in [0.1, 0.15) is 35.3 Å². The smallest absolute Gasteiger partial charge is 0.545 e. The van der Waals surface area contributed by atoms with E-state index in [1.54, 1.807) is 12.1 Å². The summed E-state index contributed by atoms with van der Waals surface area (Å²) in [6.07, 6.45) is 0. The third-order valence-electron chi connectivity index (χ3n) is 3.82. The maximum absolute atomic E-state index is 11.2. The molecular formula is C16H14NNaO2. The molecule has 3 rings (SSSR count). The number of aromatic carboxylic acids is 1. The molecule has 0 aliphatic carbocycles. The van der Waals surface area contributed by atoms with Crippen molar-refractivity contribution < 1.29 is 39.5 Å². The number of hydrogen-bond acceptors (Lipinski definition) is 3. The van der Waals surface area contributed by atoms with Crippen molar-refractivity contribution in [1.29, 1.82) is 0 Å². The van der Waals surface area contributed by atoms with Gasteiger partial charge in [-0.25, -0.2) is 0 Å². The van der Waals surface area contributed by atoms with E-state index in [0.29, 0.717) is 5.69 Å². The van der Waals surface area contributed by atoms with E-state index in [1.165, 1.54) is 0 Å². The van der Waals surface area contributed by atoms with Crippen LogP contribution in [0.25, 0.3) is 0 Å². The van der Waals surface area contributed by atoms with Crippen LogP contribution in [0, 0.1) is 0 Å². The number of carboxylic acid groups (broad SMARTS) is 1. The van der Waals surface area contributed by atoms with Crippen molar-refractivity contribution in [3.05, 3.63) is 59.2 Å². The monoisotopic (exact) mass is 275 g/mol. The van der Waals surface area contributed by atoms with Gasteiger partial charge in [-0.1, -0.05) is 50.2 Å². The van der Waals surface area contributed by atoms with Gasteiger partial charge >= 0.3 is 29.6 Å². The van der Waals surface area contributed by atoms with Gasteiger partial charge in [-0.2, -0.15) is 0 Å². The Morgan fingerprint density at radius 3 is 2.40 bits per heavy atom. The minimum absolute atomic E-state index is 0. The van der Waals surface area contributed by atoms with E-state index in [1.807, 2.05) is 24.3 Å². The van der Waals surface area contributed by atoms with Crippen molar-refractivity contribution in [2.24, 2.45) is 0 Å². The Hall–Kier alpha value is -1.29. The summed E-state index contributed by atoms with van der Waals surface area (Å²) in [7, 11) is 0. The number of carbonyl (C=O) groups is 1. The summed E-state index contributed by atoms with van der Waals surface area (Å²) in [5.41, 5.74) is 3.72. The van der Waals surface area contributed by atoms with Crippen LogP contribution in [0.5, 0.6) is 0 Å². The summed E-state index contributed by atoms with van der Waals surface area (Å²) in [5.74, 6) is -1.15. The Morgan fingerprint density at radius 1 is 1.05 bits per heavy atom. The van der Waals surface area contributed by atoms with Crippen molar-refractivity contribution >= 4 is 17.3 Å². The average Bonchev–Trinajstić information content (AvgIpc) is 2.38. The van der Waals surface area contributed by atoms with Gasteiger partial charge in [0.05, 0.1) is 11.7 Å². The van der Waals surface area contributed by atoms with Crippen molar-refractivity contribution in [2.45, 2.75) is 19.3 Å². The minimum Gasteiger partial charge on any atom is -0.545 e. The van der Waals surface area contributed by atoms with E-state index < -0.39 is 5.97 Å². The summed E-state index contributed by atoms with van der Waals surface area (Å²) in [6.45, 7) is 4.20. The second-order valence-electron chi connectivity index (χ2n) is 5.31. The minimum atomic E-state index is -1.15. The van der Waals surface area contributed by atoms with Gasteiger partial charge in [0.15, 0.2) is 0 Å². The standard InChI is InChI=1S/C16H15NO2.Na/c1-16(2)11-7-3-4-9-13(11)17-14-10(15(18)19)6-5-8-12(14)16;/h3-9,17H,1-2H3,(H,18,19);/q;+1/p-1. The number of para-hydroxylation sites is 2. The molecule has 0 saturated carbocycles. The van der Waals surface area contributed by atoms with Gasteiger partial charge in [-0.05, 0) is 17.2 Å². The van der Waals surface area contributed by atoms with Crippen molar-refractivity contribution in [1.82, 2.24) is 0 Å². The van der Waals surface area contributed by atoms with Gasteiger partial charge in [0, 0.05) is 16.7 Å². The van der Waals surface area contributed by atoms with E-state index in [-0.39, 0.29) is 40.5 Å². The molecule has 20 heavy (non-hydrogen) atoms. The zero-order chi connectivity index (χ0) is 13.6. The molecule has 0 atom stereocenters. The number of nitrogens with one attached hydrogen (secondary N) is 1. The van der Waals surface area contributed by atoms with E-state index in [2.05, 4.69) is 25.2 Å². The molecule has 0 aromatic heterocycles. The SMILES string of the molecule is CC1(C)c2ccccc2Nc2c(C(=O)[O-])cccc21.[Na+]. The van der Waals surface area contributed by atoms with Crippen molar-refractivity contribution in [3.63, 3.8) is 0 Å². The predicted octanol–water partition coefficient (Wildman–Crippen LogP) is -0.563. The molecule has 0 bridgehead atoms. The molecule has 0 saturated heterocycles. The van der Waals surface area contributed by atoms with Gasteiger partial charge < -0.3 is 15.2 Å². The first kappa shape index (κ1) is 15.1. The maximum atomic E-state index is 11.2.